The number of halogens is 2. The highest BCUT2D eigenvalue weighted by atomic mass is 35.5. The molecule has 0 radical (unpaired) electrons. The molecule has 1 aromatic carbocycles. The lowest BCUT2D eigenvalue weighted by Gasteiger charge is -2.27. The summed E-state index contributed by atoms with van der Waals surface area (Å²) in [7, 11) is 0. The maximum atomic E-state index is 11.7. The van der Waals surface area contributed by atoms with E-state index >= 15 is 0 Å². The predicted octanol–water partition coefficient (Wildman–Crippen LogP) is 3.91. The standard InChI is InChI=1S/C13H16Cl2N2O/c1-8(11-6-5-9(14)7-12(11)15)16-13(18)17-10-3-2-4-10/h5-8,10H,2-4H2,1H3,(H2,16,17,18). The highest BCUT2D eigenvalue weighted by molar-refractivity contribution is 6.35. The van der Waals surface area contributed by atoms with Crippen LogP contribution in [0.3, 0.4) is 0 Å². The molecule has 1 atom stereocenters. The molecule has 1 saturated carbocycles. The molecule has 0 aromatic heterocycles. The normalized spacial score (nSPS) is 16.8. The van der Waals surface area contributed by atoms with Gasteiger partial charge in [-0.1, -0.05) is 29.3 Å². The van der Waals surface area contributed by atoms with Gasteiger partial charge in [0.2, 0.25) is 0 Å². The zero-order valence-electron chi connectivity index (χ0n) is 10.2. The third-order valence-electron chi connectivity index (χ3n) is 3.22. The average molecular weight is 287 g/mol. The first kappa shape index (κ1) is 13.5. The Labute approximate surface area is 117 Å². The van der Waals surface area contributed by atoms with Crippen molar-refractivity contribution in [2.24, 2.45) is 0 Å². The van der Waals surface area contributed by atoms with E-state index in [2.05, 4.69) is 10.6 Å². The topological polar surface area (TPSA) is 41.1 Å². The summed E-state index contributed by atoms with van der Waals surface area (Å²) in [6.07, 6.45) is 3.34. The van der Waals surface area contributed by atoms with Gasteiger partial charge < -0.3 is 10.6 Å². The number of rotatable bonds is 3. The van der Waals surface area contributed by atoms with Crippen molar-refractivity contribution in [1.82, 2.24) is 10.6 Å². The van der Waals surface area contributed by atoms with Gasteiger partial charge in [-0.05, 0) is 43.9 Å². The SMILES string of the molecule is CC(NC(=O)NC1CCC1)c1ccc(Cl)cc1Cl. The maximum absolute atomic E-state index is 11.7. The van der Waals surface area contributed by atoms with Crippen LogP contribution in [0.25, 0.3) is 0 Å². The molecule has 1 fully saturated rings. The second kappa shape index (κ2) is 5.81. The molecule has 1 aliphatic carbocycles. The summed E-state index contributed by atoms with van der Waals surface area (Å²) in [4.78, 5) is 11.7. The number of hydrogen-bond acceptors (Lipinski definition) is 1. The minimum atomic E-state index is -0.144. The summed E-state index contributed by atoms with van der Waals surface area (Å²) in [6, 6.07) is 5.33. The van der Waals surface area contributed by atoms with Crippen molar-refractivity contribution in [3.05, 3.63) is 33.8 Å². The molecule has 1 aromatic rings. The van der Waals surface area contributed by atoms with Gasteiger partial charge in [0.05, 0.1) is 6.04 Å². The van der Waals surface area contributed by atoms with Crippen LogP contribution in [-0.2, 0) is 0 Å². The highest BCUT2D eigenvalue weighted by Crippen LogP contribution is 2.26. The Morgan fingerprint density at radius 3 is 2.67 bits per heavy atom. The van der Waals surface area contributed by atoms with E-state index < -0.39 is 0 Å². The van der Waals surface area contributed by atoms with Crippen molar-refractivity contribution >= 4 is 29.2 Å². The van der Waals surface area contributed by atoms with Crippen LogP contribution in [0, 0.1) is 0 Å². The van der Waals surface area contributed by atoms with Crippen LogP contribution in [0.1, 0.15) is 37.8 Å². The second-order valence-electron chi connectivity index (χ2n) is 4.63. The summed E-state index contributed by atoms with van der Waals surface area (Å²) in [5.41, 5.74) is 0.866. The molecule has 98 valence electrons. The molecule has 0 spiro atoms. The van der Waals surface area contributed by atoms with Gasteiger partial charge in [0.1, 0.15) is 0 Å². The summed E-state index contributed by atoms with van der Waals surface area (Å²) in [5.74, 6) is 0. The minimum Gasteiger partial charge on any atom is -0.335 e. The molecule has 5 heteroatoms. The molecular weight excluding hydrogens is 271 g/mol. The Bertz CT molecular complexity index is 447. The van der Waals surface area contributed by atoms with Gasteiger partial charge in [-0.3, -0.25) is 0 Å². The largest absolute Gasteiger partial charge is 0.335 e. The van der Waals surface area contributed by atoms with E-state index in [1.165, 1.54) is 6.42 Å². The molecule has 0 aliphatic heterocycles. The third kappa shape index (κ3) is 3.30. The fourth-order valence-electron chi connectivity index (χ4n) is 1.91. The number of nitrogens with one attached hydrogen (secondary N) is 2. The fourth-order valence-corrected chi connectivity index (χ4v) is 2.48. The summed E-state index contributed by atoms with van der Waals surface area (Å²) in [6.45, 7) is 1.90. The first-order chi connectivity index (χ1) is 8.56. The molecule has 3 nitrogen and oxygen atoms in total. The van der Waals surface area contributed by atoms with E-state index in [-0.39, 0.29) is 12.1 Å². The van der Waals surface area contributed by atoms with Crippen molar-refractivity contribution in [2.75, 3.05) is 0 Å². The molecule has 2 amide bonds. The number of carbonyl (C=O) groups is 1. The van der Waals surface area contributed by atoms with Gasteiger partial charge in [-0.2, -0.15) is 0 Å². The predicted molar refractivity (Wildman–Crippen MR) is 74.2 cm³/mol. The second-order valence-corrected chi connectivity index (χ2v) is 5.48. The lowest BCUT2D eigenvalue weighted by molar-refractivity contribution is 0.225. The first-order valence-corrected chi connectivity index (χ1v) is 6.84. The van der Waals surface area contributed by atoms with Crippen LogP contribution in [0.2, 0.25) is 10.0 Å². The van der Waals surface area contributed by atoms with Crippen molar-refractivity contribution in [1.29, 1.82) is 0 Å². The molecule has 2 N–H and O–H groups in total. The zero-order valence-corrected chi connectivity index (χ0v) is 11.7. The number of urea groups is 1. The van der Waals surface area contributed by atoms with E-state index in [4.69, 9.17) is 23.2 Å². The van der Waals surface area contributed by atoms with Gasteiger partial charge in [0, 0.05) is 16.1 Å². The van der Waals surface area contributed by atoms with E-state index in [0.717, 1.165) is 18.4 Å². The van der Waals surface area contributed by atoms with Crippen molar-refractivity contribution in [3.8, 4) is 0 Å². The van der Waals surface area contributed by atoms with E-state index in [1.807, 2.05) is 13.0 Å². The Morgan fingerprint density at radius 2 is 2.11 bits per heavy atom. The Balaban J connectivity index is 1.93. The van der Waals surface area contributed by atoms with Crippen LogP contribution in [-0.4, -0.2) is 12.1 Å². The van der Waals surface area contributed by atoms with Gasteiger partial charge >= 0.3 is 6.03 Å². The van der Waals surface area contributed by atoms with Gasteiger partial charge in [0.15, 0.2) is 0 Å². The molecule has 18 heavy (non-hydrogen) atoms. The molecule has 2 rings (SSSR count). The number of carbonyl (C=O) groups excluding carboxylic acids is 1. The maximum Gasteiger partial charge on any atom is 0.315 e. The quantitative estimate of drug-likeness (QED) is 0.869. The molecule has 1 aliphatic rings. The monoisotopic (exact) mass is 286 g/mol. The van der Waals surface area contributed by atoms with Crippen molar-refractivity contribution in [2.45, 2.75) is 38.3 Å². The number of benzene rings is 1. The molecule has 0 heterocycles. The minimum absolute atomic E-state index is 0.141. The van der Waals surface area contributed by atoms with E-state index in [0.29, 0.717) is 16.1 Å². The van der Waals surface area contributed by atoms with Crippen LogP contribution < -0.4 is 10.6 Å². The van der Waals surface area contributed by atoms with Crippen LogP contribution >= 0.6 is 23.2 Å². The Hall–Kier alpha value is -0.930. The summed E-state index contributed by atoms with van der Waals surface area (Å²) in [5, 5.41) is 6.97. The first-order valence-electron chi connectivity index (χ1n) is 6.08. The van der Waals surface area contributed by atoms with Crippen LogP contribution in [0.5, 0.6) is 0 Å². The summed E-state index contributed by atoms with van der Waals surface area (Å²) < 4.78 is 0. The average Bonchev–Trinajstić information content (AvgIpc) is 2.23. The lowest BCUT2D eigenvalue weighted by Crippen LogP contribution is -2.45. The number of hydrogen-bond donors (Lipinski definition) is 2. The molecule has 0 saturated heterocycles. The molecule has 1 unspecified atom stereocenters. The van der Waals surface area contributed by atoms with Crippen LogP contribution in [0.15, 0.2) is 18.2 Å². The van der Waals surface area contributed by atoms with Crippen molar-refractivity contribution in [3.63, 3.8) is 0 Å². The van der Waals surface area contributed by atoms with E-state index in [1.54, 1.807) is 12.1 Å². The number of amides is 2. The van der Waals surface area contributed by atoms with E-state index in [9.17, 15) is 4.79 Å². The molecule has 0 bridgehead atoms. The summed E-state index contributed by atoms with van der Waals surface area (Å²) >= 11 is 11.9. The van der Waals surface area contributed by atoms with Gasteiger partial charge in [-0.15, -0.1) is 0 Å². The zero-order chi connectivity index (χ0) is 13.1. The van der Waals surface area contributed by atoms with Crippen LogP contribution in [0.4, 0.5) is 4.79 Å². The molecular formula is C13H16Cl2N2O. The van der Waals surface area contributed by atoms with Gasteiger partial charge in [0.25, 0.3) is 0 Å². The highest BCUT2D eigenvalue weighted by Gasteiger charge is 2.20. The van der Waals surface area contributed by atoms with Crippen molar-refractivity contribution < 1.29 is 4.79 Å². The third-order valence-corrected chi connectivity index (χ3v) is 3.78. The van der Waals surface area contributed by atoms with Gasteiger partial charge in [-0.25, -0.2) is 4.79 Å². The Kier molecular flexibility index (Phi) is 4.36. The lowest BCUT2D eigenvalue weighted by atomic mass is 9.93. The smallest absolute Gasteiger partial charge is 0.315 e. The Morgan fingerprint density at radius 1 is 1.39 bits per heavy atom. The fraction of sp³-hybridized carbons (Fsp3) is 0.462.